The van der Waals surface area contributed by atoms with Crippen molar-refractivity contribution in [1.82, 2.24) is 15.0 Å². The van der Waals surface area contributed by atoms with Crippen LogP contribution in [0.15, 0.2) is 29.4 Å². The number of hydrogen-bond donors (Lipinski definition) is 2. The third-order valence-electron chi connectivity index (χ3n) is 3.31. The molecule has 2 rings (SSSR count). The van der Waals surface area contributed by atoms with E-state index in [1.165, 1.54) is 15.9 Å². The molecule has 0 aliphatic rings. The van der Waals surface area contributed by atoms with Crippen LogP contribution >= 0.6 is 0 Å². The maximum atomic E-state index is 5.99. The van der Waals surface area contributed by atoms with Gasteiger partial charge in [-0.15, -0.1) is 0 Å². The Morgan fingerprint density at radius 1 is 1.29 bits per heavy atom. The van der Waals surface area contributed by atoms with Gasteiger partial charge in [-0.25, -0.2) is 4.99 Å². The third-order valence-corrected chi connectivity index (χ3v) is 3.31. The number of para-hydroxylation sites is 1. The van der Waals surface area contributed by atoms with Gasteiger partial charge in [0.25, 0.3) is 0 Å². The van der Waals surface area contributed by atoms with E-state index in [0.717, 1.165) is 24.2 Å². The van der Waals surface area contributed by atoms with Crippen molar-refractivity contribution in [1.29, 1.82) is 0 Å². The molecule has 1 aromatic carbocycles. The number of guanidine groups is 1. The highest BCUT2D eigenvalue weighted by Crippen LogP contribution is 2.22. The molecule has 0 saturated heterocycles. The Morgan fingerprint density at radius 3 is 2.48 bits per heavy atom. The molecular weight excluding hydrogens is 264 g/mol. The van der Waals surface area contributed by atoms with Crippen LogP contribution < -0.4 is 11.1 Å². The van der Waals surface area contributed by atoms with E-state index in [4.69, 9.17) is 5.73 Å². The second kappa shape index (κ2) is 6.88. The number of nitrogens with one attached hydrogen (secondary N) is 1. The van der Waals surface area contributed by atoms with Crippen LogP contribution in [0.1, 0.15) is 30.7 Å². The number of nitrogens with zero attached hydrogens (tertiary/aromatic N) is 4. The molecule has 0 spiro atoms. The molecule has 6 nitrogen and oxygen atoms in total. The normalized spacial score (nSPS) is 11.7. The van der Waals surface area contributed by atoms with Crippen LogP contribution in [-0.4, -0.2) is 21.0 Å². The van der Waals surface area contributed by atoms with Crippen LogP contribution in [0.2, 0.25) is 0 Å². The zero-order chi connectivity index (χ0) is 15.2. The molecule has 0 atom stereocenters. The molecule has 0 amide bonds. The highest BCUT2D eigenvalue weighted by atomic mass is 15.4. The molecule has 112 valence electrons. The average Bonchev–Trinajstić information content (AvgIpc) is 2.91. The van der Waals surface area contributed by atoms with E-state index in [1.807, 2.05) is 0 Å². The Bertz CT molecular complexity index is 607. The number of hydrogen-bond acceptors (Lipinski definition) is 3. The predicted molar refractivity (Wildman–Crippen MR) is 85.2 cm³/mol. The minimum Gasteiger partial charge on any atom is -0.370 e. The van der Waals surface area contributed by atoms with Crippen molar-refractivity contribution in [2.45, 2.75) is 33.2 Å². The Labute approximate surface area is 125 Å². The van der Waals surface area contributed by atoms with Gasteiger partial charge in [-0.05, 0) is 24.0 Å². The van der Waals surface area contributed by atoms with Crippen LogP contribution in [0.25, 0.3) is 0 Å². The van der Waals surface area contributed by atoms with E-state index >= 15 is 0 Å². The standard InChI is InChI=1S/C15H22N6/c1-4-11-7-6-8-12(5-2)14(11)19-15(16)17-9-13-10-18-21(3)20-13/h6-8,10H,4-5,9H2,1-3H3,(H3,16,17,19). The first-order chi connectivity index (χ1) is 10.1. The second-order valence-corrected chi connectivity index (χ2v) is 4.81. The van der Waals surface area contributed by atoms with Crippen molar-refractivity contribution in [3.63, 3.8) is 0 Å². The highest BCUT2D eigenvalue weighted by molar-refractivity contribution is 5.93. The first-order valence-electron chi connectivity index (χ1n) is 7.17. The quantitative estimate of drug-likeness (QED) is 0.649. The lowest BCUT2D eigenvalue weighted by Gasteiger charge is -2.14. The van der Waals surface area contributed by atoms with Gasteiger partial charge in [0, 0.05) is 12.7 Å². The van der Waals surface area contributed by atoms with Gasteiger partial charge >= 0.3 is 0 Å². The molecule has 0 saturated carbocycles. The monoisotopic (exact) mass is 286 g/mol. The van der Waals surface area contributed by atoms with E-state index in [0.29, 0.717) is 12.5 Å². The summed E-state index contributed by atoms with van der Waals surface area (Å²) in [5.41, 5.74) is 10.3. The number of anilines is 1. The first kappa shape index (κ1) is 15.0. The summed E-state index contributed by atoms with van der Waals surface area (Å²) in [6, 6.07) is 6.30. The van der Waals surface area contributed by atoms with Crippen molar-refractivity contribution in [2.24, 2.45) is 17.8 Å². The lowest BCUT2D eigenvalue weighted by atomic mass is 10.0. The molecule has 0 bridgehead atoms. The molecular formula is C15H22N6. The number of aliphatic imine (C=N–C) groups is 1. The summed E-state index contributed by atoms with van der Waals surface area (Å²) in [5, 5.41) is 11.4. The summed E-state index contributed by atoms with van der Waals surface area (Å²) in [5.74, 6) is 0.399. The average molecular weight is 286 g/mol. The van der Waals surface area contributed by atoms with Gasteiger partial charge in [-0.2, -0.15) is 15.0 Å². The van der Waals surface area contributed by atoms with Crippen molar-refractivity contribution in [2.75, 3.05) is 5.32 Å². The topological polar surface area (TPSA) is 81.1 Å². The fourth-order valence-corrected chi connectivity index (χ4v) is 2.20. The molecule has 6 heteroatoms. The number of aryl methyl sites for hydroxylation is 3. The molecule has 0 fully saturated rings. The number of aromatic nitrogens is 3. The van der Waals surface area contributed by atoms with Crippen LogP contribution in [0, 0.1) is 0 Å². The van der Waals surface area contributed by atoms with Crippen molar-refractivity contribution in [3.8, 4) is 0 Å². The Kier molecular flexibility index (Phi) is 4.92. The minimum absolute atomic E-state index is 0.399. The van der Waals surface area contributed by atoms with E-state index in [-0.39, 0.29) is 0 Å². The molecule has 2 aromatic rings. The van der Waals surface area contributed by atoms with Crippen LogP contribution in [0.3, 0.4) is 0 Å². The smallest absolute Gasteiger partial charge is 0.193 e. The zero-order valence-electron chi connectivity index (χ0n) is 12.8. The largest absolute Gasteiger partial charge is 0.370 e. The summed E-state index contributed by atoms with van der Waals surface area (Å²) >= 11 is 0. The Morgan fingerprint density at radius 2 is 1.95 bits per heavy atom. The van der Waals surface area contributed by atoms with E-state index in [2.05, 4.69) is 52.6 Å². The fraction of sp³-hybridized carbons (Fsp3) is 0.400. The Hall–Kier alpha value is -2.37. The molecule has 0 aliphatic carbocycles. The van der Waals surface area contributed by atoms with E-state index in [1.54, 1.807) is 13.2 Å². The number of rotatable bonds is 5. The fourth-order valence-electron chi connectivity index (χ4n) is 2.20. The van der Waals surface area contributed by atoms with Crippen molar-refractivity contribution >= 4 is 11.6 Å². The molecule has 0 unspecified atom stereocenters. The summed E-state index contributed by atoms with van der Waals surface area (Å²) in [6.45, 7) is 4.68. The minimum atomic E-state index is 0.399. The molecule has 0 radical (unpaired) electrons. The lowest BCUT2D eigenvalue weighted by molar-refractivity contribution is 0.645. The number of nitrogens with two attached hydrogens (primary N) is 1. The summed E-state index contributed by atoms with van der Waals surface area (Å²) < 4.78 is 0. The zero-order valence-corrected chi connectivity index (χ0v) is 12.8. The third kappa shape index (κ3) is 3.81. The van der Waals surface area contributed by atoms with E-state index < -0.39 is 0 Å². The van der Waals surface area contributed by atoms with Crippen molar-refractivity contribution < 1.29 is 0 Å². The SMILES string of the molecule is CCc1cccc(CC)c1NC(N)=NCc1cnn(C)n1. The molecule has 3 N–H and O–H groups in total. The van der Waals surface area contributed by atoms with Crippen molar-refractivity contribution in [3.05, 3.63) is 41.2 Å². The first-order valence-corrected chi connectivity index (χ1v) is 7.17. The van der Waals surface area contributed by atoms with Gasteiger partial charge in [-0.3, -0.25) is 0 Å². The summed E-state index contributed by atoms with van der Waals surface area (Å²) in [6.07, 6.45) is 3.59. The maximum absolute atomic E-state index is 5.99. The Balaban J connectivity index is 2.13. The van der Waals surface area contributed by atoms with Gasteiger partial charge in [0.15, 0.2) is 5.96 Å². The van der Waals surface area contributed by atoms with Gasteiger partial charge in [-0.1, -0.05) is 32.0 Å². The van der Waals surface area contributed by atoms with E-state index in [9.17, 15) is 0 Å². The number of benzene rings is 1. The summed E-state index contributed by atoms with van der Waals surface area (Å²) in [7, 11) is 1.78. The van der Waals surface area contributed by atoms with Gasteiger partial charge in [0.1, 0.15) is 5.69 Å². The highest BCUT2D eigenvalue weighted by Gasteiger charge is 2.07. The van der Waals surface area contributed by atoms with Crippen LogP contribution in [-0.2, 0) is 26.4 Å². The lowest BCUT2D eigenvalue weighted by Crippen LogP contribution is -2.24. The van der Waals surface area contributed by atoms with Crippen LogP contribution in [0.5, 0.6) is 0 Å². The predicted octanol–water partition coefficient (Wildman–Crippen LogP) is 1.87. The van der Waals surface area contributed by atoms with Gasteiger partial charge in [0.05, 0.1) is 12.7 Å². The van der Waals surface area contributed by atoms with Gasteiger partial charge < -0.3 is 11.1 Å². The molecule has 1 aromatic heterocycles. The maximum Gasteiger partial charge on any atom is 0.193 e. The second-order valence-electron chi connectivity index (χ2n) is 4.81. The molecule has 0 aliphatic heterocycles. The van der Waals surface area contributed by atoms with Crippen LogP contribution in [0.4, 0.5) is 5.69 Å². The molecule has 1 heterocycles. The summed E-state index contributed by atoms with van der Waals surface area (Å²) in [4.78, 5) is 5.83. The van der Waals surface area contributed by atoms with Gasteiger partial charge in [0.2, 0.25) is 0 Å². The molecule has 21 heavy (non-hydrogen) atoms.